The molecule has 3 rings (SSSR count). The summed E-state index contributed by atoms with van der Waals surface area (Å²) in [5.41, 5.74) is 1.25. The van der Waals surface area contributed by atoms with E-state index in [1.807, 2.05) is 12.1 Å². The fourth-order valence-corrected chi connectivity index (χ4v) is 4.72. The average molecular weight is 411 g/mol. The van der Waals surface area contributed by atoms with E-state index in [0.717, 1.165) is 54.0 Å². The molecule has 1 aromatic carbocycles. The highest BCUT2D eigenvalue weighted by atomic mass is 35.5. The van der Waals surface area contributed by atoms with Gasteiger partial charge in [-0.15, -0.1) is 10.2 Å². The smallest absolute Gasteiger partial charge is 0.229 e. The van der Waals surface area contributed by atoms with Gasteiger partial charge in [-0.05, 0) is 50.0 Å². The molecule has 1 aliphatic heterocycles. The van der Waals surface area contributed by atoms with Gasteiger partial charge >= 0.3 is 0 Å². The van der Waals surface area contributed by atoms with E-state index < -0.39 is 0 Å². The summed E-state index contributed by atoms with van der Waals surface area (Å²) >= 11 is 9.07. The van der Waals surface area contributed by atoms with Crippen LogP contribution in [0.3, 0.4) is 0 Å². The molecular formula is C18H23ClN4OS2. The number of piperidine rings is 1. The van der Waals surface area contributed by atoms with Gasteiger partial charge in [0.15, 0.2) is 4.34 Å². The summed E-state index contributed by atoms with van der Waals surface area (Å²) in [7, 11) is 0. The van der Waals surface area contributed by atoms with Crippen molar-refractivity contribution < 1.29 is 4.79 Å². The zero-order chi connectivity index (χ0) is 18.4. The normalized spacial score (nSPS) is 15.9. The number of thioether (sulfide) groups is 1. The second kappa shape index (κ2) is 9.69. The molecule has 0 radical (unpaired) electrons. The fourth-order valence-electron chi connectivity index (χ4n) is 2.92. The van der Waals surface area contributed by atoms with Gasteiger partial charge in [-0.3, -0.25) is 9.69 Å². The summed E-state index contributed by atoms with van der Waals surface area (Å²) in [6.45, 7) is 4.89. The number of nitrogens with zero attached hydrogens (tertiary/aromatic N) is 3. The Hall–Kier alpha value is -1.15. The van der Waals surface area contributed by atoms with Gasteiger partial charge in [0, 0.05) is 23.2 Å². The first kappa shape index (κ1) is 19.6. The third-order valence-corrected chi connectivity index (χ3v) is 6.77. The molecule has 1 saturated heterocycles. The molecule has 0 saturated carbocycles. The van der Waals surface area contributed by atoms with E-state index in [2.05, 4.69) is 39.5 Å². The van der Waals surface area contributed by atoms with Crippen LogP contribution in [-0.4, -0.2) is 39.8 Å². The Morgan fingerprint density at radius 3 is 2.73 bits per heavy atom. The van der Waals surface area contributed by atoms with Crippen molar-refractivity contribution in [2.75, 3.05) is 24.2 Å². The van der Waals surface area contributed by atoms with E-state index in [4.69, 9.17) is 11.6 Å². The Kier molecular flexibility index (Phi) is 7.31. The van der Waals surface area contributed by atoms with Crippen molar-refractivity contribution in [3.63, 3.8) is 0 Å². The van der Waals surface area contributed by atoms with Crippen LogP contribution in [0.4, 0.5) is 5.13 Å². The number of hydrogen-bond acceptors (Lipinski definition) is 6. The number of nitrogens with one attached hydrogen (secondary N) is 1. The lowest BCUT2D eigenvalue weighted by molar-refractivity contribution is -0.121. The predicted molar refractivity (Wildman–Crippen MR) is 109 cm³/mol. The van der Waals surface area contributed by atoms with Crippen molar-refractivity contribution in [3.05, 3.63) is 34.9 Å². The molecule has 0 bridgehead atoms. The Morgan fingerprint density at radius 2 is 2.04 bits per heavy atom. The summed E-state index contributed by atoms with van der Waals surface area (Å²) < 4.78 is 0.917. The molecule has 0 aliphatic carbocycles. The molecule has 1 fully saturated rings. The molecule has 2 heterocycles. The van der Waals surface area contributed by atoms with E-state index in [1.165, 1.54) is 16.9 Å². The van der Waals surface area contributed by atoms with Crippen LogP contribution in [0.1, 0.15) is 31.7 Å². The molecule has 1 aromatic heterocycles. The number of amides is 1. The van der Waals surface area contributed by atoms with Crippen LogP contribution in [0.15, 0.2) is 28.6 Å². The molecule has 0 atom stereocenters. The van der Waals surface area contributed by atoms with E-state index in [9.17, 15) is 4.79 Å². The van der Waals surface area contributed by atoms with Gasteiger partial charge in [0.25, 0.3) is 0 Å². The monoisotopic (exact) mass is 410 g/mol. The lowest BCUT2D eigenvalue weighted by atomic mass is 9.95. The van der Waals surface area contributed by atoms with Crippen LogP contribution in [0, 0.1) is 5.92 Å². The van der Waals surface area contributed by atoms with E-state index >= 15 is 0 Å². The highest BCUT2D eigenvalue weighted by molar-refractivity contribution is 8.01. The maximum absolute atomic E-state index is 12.5. The molecule has 140 valence electrons. The Bertz CT molecular complexity index is 714. The van der Waals surface area contributed by atoms with Gasteiger partial charge in [-0.25, -0.2) is 0 Å². The molecule has 2 aromatic rings. The lowest BCUT2D eigenvalue weighted by Gasteiger charge is -2.31. The van der Waals surface area contributed by atoms with Crippen molar-refractivity contribution in [3.8, 4) is 0 Å². The van der Waals surface area contributed by atoms with Crippen LogP contribution >= 0.6 is 34.7 Å². The standard InChI is InChI=1S/C18H23ClN4OS2/c1-2-11-25-18-22-21-17(26-18)20-16(24)14-7-9-23(10-8-14)12-13-3-5-15(19)6-4-13/h3-6,14H,2,7-12H2,1H3,(H,20,21,24). The maximum Gasteiger partial charge on any atom is 0.229 e. The number of aromatic nitrogens is 2. The quantitative estimate of drug-likeness (QED) is 0.536. The van der Waals surface area contributed by atoms with Gasteiger partial charge in [0.05, 0.1) is 0 Å². The number of anilines is 1. The van der Waals surface area contributed by atoms with Crippen LogP contribution in [0.25, 0.3) is 0 Å². The van der Waals surface area contributed by atoms with Gasteiger partial charge in [-0.1, -0.05) is 53.8 Å². The molecule has 5 nitrogen and oxygen atoms in total. The maximum atomic E-state index is 12.5. The first-order chi connectivity index (χ1) is 12.6. The molecule has 1 amide bonds. The number of benzene rings is 1. The molecule has 1 N–H and O–H groups in total. The van der Waals surface area contributed by atoms with Gasteiger partial charge in [0.1, 0.15) is 0 Å². The minimum atomic E-state index is 0.0483. The molecule has 1 aliphatic rings. The summed E-state index contributed by atoms with van der Waals surface area (Å²) in [5.74, 6) is 1.14. The first-order valence-electron chi connectivity index (χ1n) is 8.88. The lowest BCUT2D eigenvalue weighted by Crippen LogP contribution is -2.37. The van der Waals surface area contributed by atoms with Crippen molar-refractivity contribution in [1.29, 1.82) is 0 Å². The number of rotatable bonds is 7. The highest BCUT2D eigenvalue weighted by Gasteiger charge is 2.25. The van der Waals surface area contributed by atoms with Gasteiger partial charge in [0.2, 0.25) is 11.0 Å². The second-order valence-corrected chi connectivity index (χ2v) is 9.14. The number of halogens is 1. The number of likely N-dealkylation sites (tertiary alicyclic amines) is 1. The van der Waals surface area contributed by atoms with E-state index in [0.29, 0.717) is 5.13 Å². The van der Waals surface area contributed by atoms with Crippen molar-refractivity contribution in [2.24, 2.45) is 5.92 Å². The third kappa shape index (κ3) is 5.67. The zero-order valence-corrected chi connectivity index (χ0v) is 17.2. The van der Waals surface area contributed by atoms with Gasteiger partial charge in [-0.2, -0.15) is 0 Å². The minimum absolute atomic E-state index is 0.0483. The van der Waals surface area contributed by atoms with E-state index in [-0.39, 0.29) is 11.8 Å². The largest absolute Gasteiger partial charge is 0.300 e. The van der Waals surface area contributed by atoms with Crippen molar-refractivity contribution >= 4 is 45.7 Å². The van der Waals surface area contributed by atoms with Crippen molar-refractivity contribution in [1.82, 2.24) is 15.1 Å². The van der Waals surface area contributed by atoms with Crippen LogP contribution in [0.5, 0.6) is 0 Å². The molecule has 8 heteroatoms. The number of carbonyl (C=O) groups excluding carboxylic acids is 1. The van der Waals surface area contributed by atoms with Crippen LogP contribution in [0.2, 0.25) is 5.02 Å². The van der Waals surface area contributed by atoms with Crippen molar-refractivity contribution in [2.45, 2.75) is 37.1 Å². The SMILES string of the molecule is CCCSc1nnc(NC(=O)C2CCN(Cc3ccc(Cl)cc3)CC2)s1. The first-order valence-corrected chi connectivity index (χ1v) is 11.1. The predicted octanol–water partition coefficient (Wildman–Crippen LogP) is 4.54. The fraction of sp³-hybridized carbons (Fsp3) is 0.500. The highest BCUT2D eigenvalue weighted by Crippen LogP contribution is 2.27. The Labute approximate surface area is 167 Å². The molecule has 0 spiro atoms. The van der Waals surface area contributed by atoms with Crippen LogP contribution < -0.4 is 5.32 Å². The Morgan fingerprint density at radius 1 is 1.31 bits per heavy atom. The Balaban J connectivity index is 1.44. The number of hydrogen-bond donors (Lipinski definition) is 1. The molecule has 26 heavy (non-hydrogen) atoms. The summed E-state index contributed by atoms with van der Waals surface area (Å²) in [4.78, 5) is 14.9. The molecule has 0 unspecified atom stereocenters. The zero-order valence-electron chi connectivity index (χ0n) is 14.8. The van der Waals surface area contributed by atoms with Crippen LogP contribution in [-0.2, 0) is 11.3 Å². The minimum Gasteiger partial charge on any atom is -0.300 e. The topological polar surface area (TPSA) is 58.1 Å². The van der Waals surface area contributed by atoms with Gasteiger partial charge < -0.3 is 5.32 Å². The summed E-state index contributed by atoms with van der Waals surface area (Å²) in [6, 6.07) is 7.97. The third-order valence-electron chi connectivity index (χ3n) is 4.34. The van der Waals surface area contributed by atoms with E-state index in [1.54, 1.807) is 11.8 Å². The number of carbonyl (C=O) groups is 1. The molecular weight excluding hydrogens is 388 g/mol. The summed E-state index contributed by atoms with van der Waals surface area (Å²) in [5, 5.41) is 12.5. The second-order valence-electron chi connectivity index (χ2n) is 6.39. The summed E-state index contributed by atoms with van der Waals surface area (Å²) in [6.07, 6.45) is 2.84. The average Bonchev–Trinajstić information content (AvgIpc) is 3.10.